The van der Waals surface area contributed by atoms with Crippen LogP contribution in [0.5, 0.6) is 0 Å². The summed E-state index contributed by atoms with van der Waals surface area (Å²) >= 11 is 0. The van der Waals surface area contributed by atoms with Gasteiger partial charge in [0.15, 0.2) is 5.82 Å². The SMILES string of the molecule is O=C(Nc1cn[nH]c1-c1nc2ccc(CN3CCOCC3)cc2[nH]1)C1CCN(Cc2ccccc2)CC1. The molecule has 1 amide bonds. The average molecular weight is 500 g/mol. The zero-order valence-electron chi connectivity index (χ0n) is 20.9. The highest BCUT2D eigenvalue weighted by molar-refractivity contribution is 5.96. The first-order valence-electron chi connectivity index (χ1n) is 13.1. The summed E-state index contributed by atoms with van der Waals surface area (Å²) < 4.78 is 5.46. The highest BCUT2D eigenvalue weighted by Crippen LogP contribution is 2.28. The fourth-order valence-electron chi connectivity index (χ4n) is 5.28. The Hall–Kier alpha value is -3.53. The second kappa shape index (κ2) is 10.8. The third kappa shape index (κ3) is 5.58. The van der Waals surface area contributed by atoms with Crippen molar-refractivity contribution in [1.29, 1.82) is 0 Å². The minimum Gasteiger partial charge on any atom is -0.379 e. The zero-order valence-corrected chi connectivity index (χ0v) is 20.9. The molecule has 9 heteroatoms. The number of H-pyrrole nitrogens is 2. The summed E-state index contributed by atoms with van der Waals surface area (Å²) in [6.45, 7) is 7.15. The molecule has 6 rings (SSSR count). The number of nitrogens with one attached hydrogen (secondary N) is 3. The van der Waals surface area contributed by atoms with E-state index in [1.54, 1.807) is 6.20 Å². The van der Waals surface area contributed by atoms with E-state index in [1.165, 1.54) is 11.1 Å². The van der Waals surface area contributed by atoms with E-state index in [4.69, 9.17) is 9.72 Å². The van der Waals surface area contributed by atoms with Crippen LogP contribution < -0.4 is 5.32 Å². The van der Waals surface area contributed by atoms with Crippen molar-refractivity contribution >= 4 is 22.6 Å². The van der Waals surface area contributed by atoms with Gasteiger partial charge < -0.3 is 15.0 Å². The Morgan fingerprint density at radius 2 is 1.73 bits per heavy atom. The minimum absolute atomic E-state index is 0.00630. The number of anilines is 1. The molecule has 3 N–H and O–H groups in total. The van der Waals surface area contributed by atoms with Crippen LogP contribution >= 0.6 is 0 Å². The van der Waals surface area contributed by atoms with Crippen LogP contribution in [-0.2, 0) is 22.6 Å². The number of aromatic amines is 2. The monoisotopic (exact) mass is 499 g/mol. The van der Waals surface area contributed by atoms with Crippen molar-refractivity contribution in [2.45, 2.75) is 25.9 Å². The van der Waals surface area contributed by atoms with Gasteiger partial charge in [0.2, 0.25) is 5.91 Å². The molecule has 0 bridgehead atoms. The van der Waals surface area contributed by atoms with E-state index in [-0.39, 0.29) is 11.8 Å². The molecule has 2 fully saturated rings. The van der Waals surface area contributed by atoms with E-state index < -0.39 is 0 Å². The quantitative estimate of drug-likeness (QED) is 0.359. The molecule has 9 nitrogen and oxygen atoms in total. The molecule has 2 aromatic heterocycles. The van der Waals surface area contributed by atoms with Crippen LogP contribution in [0.1, 0.15) is 24.0 Å². The Morgan fingerprint density at radius 1 is 0.973 bits per heavy atom. The van der Waals surface area contributed by atoms with E-state index in [9.17, 15) is 4.79 Å². The van der Waals surface area contributed by atoms with Crippen LogP contribution in [0.25, 0.3) is 22.6 Å². The number of hydrogen-bond acceptors (Lipinski definition) is 6. The summed E-state index contributed by atoms with van der Waals surface area (Å²) in [6, 6.07) is 16.8. The lowest BCUT2D eigenvalue weighted by Crippen LogP contribution is -2.37. The van der Waals surface area contributed by atoms with Gasteiger partial charge in [0.25, 0.3) is 0 Å². The number of piperidine rings is 1. The number of carbonyl (C=O) groups excluding carboxylic acids is 1. The number of amides is 1. The van der Waals surface area contributed by atoms with Crippen molar-refractivity contribution in [3.05, 3.63) is 65.9 Å². The maximum absolute atomic E-state index is 13.1. The fourth-order valence-corrected chi connectivity index (χ4v) is 5.28. The van der Waals surface area contributed by atoms with Gasteiger partial charge in [0.1, 0.15) is 5.69 Å². The highest BCUT2D eigenvalue weighted by atomic mass is 16.5. The summed E-state index contributed by atoms with van der Waals surface area (Å²) in [4.78, 5) is 26.1. The topological polar surface area (TPSA) is 102 Å². The second-order valence-corrected chi connectivity index (χ2v) is 10.0. The molecule has 0 saturated carbocycles. The number of hydrogen-bond donors (Lipinski definition) is 3. The van der Waals surface area contributed by atoms with E-state index in [0.717, 1.165) is 76.4 Å². The molecule has 37 heavy (non-hydrogen) atoms. The lowest BCUT2D eigenvalue weighted by Gasteiger charge is -2.31. The number of aromatic nitrogens is 4. The van der Waals surface area contributed by atoms with Gasteiger partial charge in [-0.25, -0.2) is 4.98 Å². The number of benzene rings is 2. The standard InChI is InChI=1S/C28H33N7O2/c36-28(22-8-10-34(11-9-22)18-20-4-2-1-3-5-20)32-25-17-29-33-26(25)27-30-23-7-6-21(16-24(23)31-27)19-35-12-14-37-15-13-35/h1-7,16-17,22H,8-15,18-19H2,(H,29,33)(H,30,31)(H,32,36). The predicted molar refractivity (Wildman–Crippen MR) is 143 cm³/mol. The van der Waals surface area contributed by atoms with Crippen LogP contribution in [0.4, 0.5) is 5.69 Å². The summed E-state index contributed by atoms with van der Waals surface area (Å²) in [6.07, 6.45) is 3.36. The molecule has 0 aliphatic carbocycles. The molecule has 2 aromatic carbocycles. The average Bonchev–Trinajstić information content (AvgIpc) is 3.56. The zero-order chi connectivity index (χ0) is 25.0. The summed E-state index contributed by atoms with van der Waals surface area (Å²) in [5.74, 6) is 0.711. The van der Waals surface area contributed by atoms with Gasteiger partial charge in [-0.3, -0.25) is 19.7 Å². The third-order valence-electron chi connectivity index (χ3n) is 7.40. The van der Waals surface area contributed by atoms with Crippen molar-refractivity contribution < 1.29 is 9.53 Å². The number of rotatable bonds is 7. The van der Waals surface area contributed by atoms with Gasteiger partial charge in [-0.15, -0.1) is 0 Å². The van der Waals surface area contributed by atoms with Gasteiger partial charge in [-0.2, -0.15) is 5.10 Å². The Bertz CT molecular complexity index is 1340. The van der Waals surface area contributed by atoms with Crippen LogP contribution in [0.3, 0.4) is 0 Å². The Labute approximate surface area is 216 Å². The molecule has 0 atom stereocenters. The minimum atomic E-state index is -0.00630. The largest absolute Gasteiger partial charge is 0.379 e. The van der Waals surface area contributed by atoms with Crippen molar-refractivity contribution in [2.24, 2.45) is 5.92 Å². The lowest BCUT2D eigenvalue weighted by atomic mass is 9.95. The van der Waals surface area contributed by atoms with Crippen LogP contribution in [0.2, 0.25) is 0 Å². The van der Waals surface area contributed by atoms with Gasteiger partial charge in [0.05, 0.1) is 36.1 Å². The highest BCUT2D eigenvalue weighted by Gasteiger charge is 2.26. The number of imidazole rings is 1. The van der Waals surface area contributed by atoms with Crippen LogP contribution in [-0.4, -0.2) is 75.3 Å². The van der Waals surface area contributed by atoms with Crippen molar-refractivity contribution in [3.63, 3.8) is 0 Å². The Kier molecular flexibility index (Phi) is 6.98. The molecule has 2 aliphatic heterocycles. The third-order valence-corrected chi connectivity index (χ3v) is 7.40. The summed E-state index contributed by atoms with van der Waals surface area (Å²) in [5.41, 5.74) is 5.76. The smallest absolute Gasteiger partial charge is 0.227 e. The molecular formula is C28H33N7O2. The van der Waals surface area contributed by atoms with Crippen LogP contribution in [0, 0.1) is 5.92 Å². The fraction of sp³-hybridized carbons (Fsp3) is 0.393. The van der Waals surface area contributed by atoms with Crippen LogP contribution in [0.15, 0.2) is 54.7 Å². The van der Waals surface area contributed by atoms with Gasteiger partial charge in [0, 0.05) is 32.1 Å². The number of carbonyl (C=O) groups is 1. The molecule has 0 radical (unpaired) electrons. The van der Waals surface area contributed by atoms with E-state index in [1.807, 2.05) is 12.1 Å². The predicted octanol–water partition coefficient (Wildman–Crippen LogP) is 3.64. The molecule has 4 aromatic rings. The summed E-state index contributed by atoms with van der Waals surface area (Å²) in [7, 11) is 0. The van der Waals surface area contributed by atoms with Crippen molar-refractivity contribution in [1.82, 2.24) is 30.0 Å². The van der Waals surface area contributed by atoms with Crippen molar-refractivity contribution in [2.75, 3.05) is 44.7 Å². The first kappa shape index (κ1) is 23.8. The number of fused-ring (bicyclic) bond motifs is 1. The van der Waals surface area contributed by atoms with E-state index in [2.05, 4.69) is 66.7 Å². The lowest BCUT2D eigenvalue weighted by molar-refractivity contribution is -0.121. The van der Waals surface area contributed by atoms with E-state index >= 15 is 0 Å². The van der Waals surface area contributed by atoms with Gasteiger partial charge >= 0.3 is 0 Å². The second-order valence-electron chi connectivity index (χ2n) is 10.0. The molecular weight excluding hydrogens is 466 g/mol. The molecule has 4 heterocycles. The normalized spacial score (nSPS) is 17.8. The first-order chi connectivity index (χ1) is 18.2. The molecule has 0 spiro atoms. The number of morpholine rings is 1. The first-order valence-corrected chi connectivity index (χ1v) is 13.1. The van der Waals surface area contributed by atoms with Gasteiger partial charge in [-0.1, -0.05) is 36.4 Å². The maximum Gasteiger partial charge on any atom is 0.227 e. The maximum atomic E-state index is 13.1. The Balaban J connectivity index is 1.09. The molecule has 0 unspecified atom stereocenters. The van der Waals surface area contributed by atoms with Crippen molar-refractivity contribution in [3.8, 4) is 11.5 Å². The summed E-state index contributed by atoms with van der Waals surface area (Å²) in [5, 5.41) is 10.3. The Morgan fingerprint density at radius 3 is 2.54 bits per heavy atom. The van der Waals surface area contributed by atoms with Gasteiger partial charge in [-0.05, 0) is 49.2 Å². The molecule has 2 aliphatic rings. The molecule has 192 valence electrons. The number of nitrogens with zero attached hydrogens (tertiary/aromatic N) is 4. The number of likely N-dealkylation sites (tertiary alicyclic amines) is 1. The number of ether oxygens (including phenoxy) is 1. The molecule has 2 saturated heterocycles. The van der Waals surface area contributed by atoms with E-state index in [0.29, 0.717) is 17.2 Å².